The molecule has 4 rings (SSSR count). The lowest BCUT2D eigenvalue weighted by Gasteiger charge is -2.07. The van der Waals surface area contributed by atoms with Crippen LogP contribution in [-0.4, -0.2) is 26.2 Å². The molecule has 0 spiro atoms. The molecule has 2 aromatic heterocycles. The van der Waals surface area contributed by atoms with E-state index in [0.29, 0.717) is 16.8 Å². The highest BCUT2D eigenvalue weighted by atomic mass is 35.5. The van der Waals surface area contributed by atoms with Crippen molar-refractivity contribution in [1.29, 1.82) is 0 Å². The van der Waals surface area contributed by atoms with Gasteiger partial charge in [0.15, 0.2) is 0 Å². The Bertz CT molecular complexity index is 1130. The maximum atomic E-state index is 6.21. The van der Waals surface area contributed by atoms with E-state index in [1.54, 1.807) is 25.6 Å². The van der Waals surface area contributed by atoms with Crippen molar-refractivity contribution < 1.29 is 4.74 Å². The topological polar surface area (TPSA) is 44.9 Å². The van der Waals surface area contributed by atoms with Crippen LogP contribution in [0.1, 0.15) is 11.3 Å². The summed E-state index contributed by atoms with van der Waals surface area (Å²) in [6.45, 7) is 0.402. The third-order valence-electron chi connectivity index (χ3n) is 4.12. The van der Waals surface area contributed by atoms with Crippen LogP contribution >= 0.6 is 23.2 Å². The number of aromatic nitrogens is 4. The third-order valence-corrected chi connectivity index (χ3v) is 4.68. The molecule has 2 heterocycles. The molecule has 0 amide bonds. The van der Waals surface area contributed by atoms with Gasteiger partial charge < -0.3 is 4.74 Å². The minimum atomic E-state index is 0.402. The quantitative estimate of drug-likeness (QED) is 0.457. The normalized spacial score (nSPS) is 11.7. The van der Waals surface area contributed by atoms with E-state index >= 15 is 0 Å². The molecule has 0 atom stereocenters. The molecule has 0 aliphatic heterocycles. The van der Waals surface area contributed by atoms with Crippen LogP contribution in [0.2, 0.25) is 10.0 Å². The van der Waals surface area contributed by atoms with Crippen LogP contribution < -0.4 is 0 Å². The Morgan fingerprint density at radius 1 is 1.11 bits per heavy atom. The largest absolute Gasteiger partial charge is 0.364 e. The monoisotopic (exact) mass is 398 g/mol. The molecule has 0 N–H and O–H groups in total. The van der Waals surface area contributed by atoms with Crippen molar-refractivity contribution in [2.24, 2.45) is 0 Å². The highest BCUT2D eigenvalue weighted by Crippen LogP contribution is 2.23. The first-order valence-electron chi connectivity index (χ1n) is 8.27. The third kappa shape index (κ3) is 3.62. The number of ether oxygens (including phenoxy) is 1. The van der Waals surface area contributed by atoms with Crippen molar-refractivity contribution in [1.82, 2.24) is 19.1 Å². The number of hydrogen-bond acceptors (Lipinski definition) is 3. The van der Waals surface area contributed by atoms with Crippen LogP contribution in [0.25, 0.3) is 29.1 Å². The molecule has 2 aromatic carbocycles. The standard InChI is InChI=1S/C20H16Cl2N4O/c1-27-13-26-19-5-3-2-4-18(19)24-20(26)25-11-16(23-12-25)9-7-14-6-8-15(21)10-17(14)22/h2-12H,13H2,1H3/b9-7+. The van der Waals surface area contributed by atoms with Crippen molar-refractivity contribution in [3.63, 3.8) is 0 Å². The molecule has 0 radical (unpaired) electrons. The second kappa shape index (κ2) is 7.56. The molecule has 0 aliphatic carbocycles. The summed E-state index contributed by atoms with van der Waals surface area (Å²) in [6, 6.07) is 13.3. The molecule has 136 valence electrons. The van der Waals surface area contributed by atoms with Crippen molar-refractivity contribution in [2.75, 3.05) is 7.11 Å². The van der Waals surface area contributed by atoms with Gasteiger partial charge in [-0.1, -0.05) is 47.5 Å². The van der Waals surface area contributed by atoms with Crippen molar-refractivity contribution in [2.45, 2.75) is 6.73 Å². The van der Waals surface area contributed by atoms with Crippen LogP contribution in [0.3, 0.4) is 0 Å². The molecule has 0 saturated heterocycles. The zero-order valence-electron chi connectivity index (χ0n) is 14.5. The van der Waals surface area contributed by atoms with Gasteiger partial charge >= 0.3 is 0 Å². The minimum Gasteiger partial charge on any atom is -0.364 e. The lowest BCUT2D eigenvalue weighted by molar-refractivity contribution is 0.134. The second-order valence-corrected chi connectivity index (χ2v) is 6.79. The van der Waals surface area contributed by atoms with Gasteiger partial charge in [-0.25, -0.2) is 9.97 Å². The van der Waals surface area contributed by atoms with Crippen molar-refractivity contribution in [3.05, 3.63) is 76.3 Å². The van der Waals surface area contributed by atoms with E-state index in [1.807, 2.05) is 57.8 Å². The minimum absolute atomic E-state index is 0.402. The molecule has 0 bridgehead atoms. The maximum absolute atomic E-state index is 6.21. The smallest absolute Gasteiger partial charge is 0.218 e. The predicted octanol–water partition coefficient (Wildman–Crippen LogP) is 5.30. The number of benzene rings is 2. The molecule has 4 aromatic rings. The van der Waals surface area contributed by atoms with Crippen LogP contribution in [0.15, 0.2) is 55.0 Å². The molecule has 7 heteroatoms. The zero-order chi connectivity index (χ0) is 18.8. The van der Waals surface area contributed by atoms with Gasteiger partial charge in [-0.05, 0) is 35.9 Å². The van der Waals surface area contributed by atoms with Gasteiger partial charge in [0.25, 0.3) is 0 Å². The predicted molar refractivity (Wildman–Crippen MR) is 109 cm³/mol. The summed E-state index contributed by atoms with van der Waals surface area (Å²) >= 11 is 12.1. The zero-order valence-corrected chi connectivity index (χ0v) is 16.0. The summed E-state index contributed by atoms with van der Waals surface area (Å²) in [5, 5.41) is 1.21. The highest BCUT2D eigenvalue weighted by Gasteiger charge is 2.12. The molecule has 27 heavy (non-hydrogen) atoms. The molecule has 0 aliphatic rings. The Kier molecular flexibility index (Phi) is 4.99. The second-order valence-electron chi connectivity index (χ2n) is 5.95. The first-order valence-corrected chi connectivity index (χ1v) is 9.03. The number of nitrogens with zero attached hydrogens (tertiary/aromatic N) is 4. The van der Waals surface area contributed by atoms with Gasteiger partial charge in [-0.3, -0.25) is 9.13 Å². The first kappa shape index (κ1) is 17.8. The average Bonchev–Trinajstić information content (AvgIpc) is 3.26. The number of fused-ring (bicyclic) bond motifs is 1. The first-order chi connectivity index (χ1) is 13.2. The van der Waals surface area contributed by atoms with Crippen molar-refractivity contribution >= 4 is 46.4 Å². The van der Waals surface area contributed by atoms with E-state index in [1.165, 1.54) is 0 Å². The molecule has 0 fully saturated rings. The molecular weight excluding hydrogens is 383 g/mol. The molecule has 0 unspecified atom stereocenters. The Morgan fingerprint density at radius 2 is 1.96 bits per heavy atom. The van der Waals surface area contributed by atoms with Gasteiger partial charge in [-0.2, -0.15) is 0 Å². The van der Waals surface area contributed by atoms with Crippen LogP contribution in [0.4, 0.5) is 0 Å². The van der Waals surface area contributed by atoms with E-state index in [0.717, 1.165) is 28.2 Å². The number of hydrogen-bond donors (Lipinski definition) is 0. The molecule has 5 nitrogen and oxygen atoms in total. The van der Waals surface area contributed by atoms with Gasteiger partial charge in [0.1, 0.15) is 13.1 Å². The summed E-state index contributed by atoms with van der Waals surface area (Å²) in [5.41, 5.74) is 3.58. The summed E-state index contributed by atoms with van der Waals surface area (Å²) in [4.78, 5) is 9.14. The van der Waals surface area contributed by atoms with Gasteiger partial charge in [0.2, 0.25) is 5.95 Å². The van der Waals surface area contributed by atoms with Crippen LogP contribution in [0.5, 0.6) is 0 Å². The van der Waals surface area contributed by atoms with E-state index in [9.17, 15) is 0 Å². The van der Waals surface area contributed by atoms with Crippen LogP contribution in [-0.2, 0) is 11.5 Å². The number of para-hydroxylation sites is 2. The van der Waals surface area contributed by atoms with Crippen LogP contribution in [0, 0.1) is 0 Å². The fourth-order valence-corrected chi connectivity index (χ4v) is 3.33. The number of imidazole rings is 2. The van der Waals surface area contributed by atoms with E-state index in [-0.39, 0.29) is 0 Å². The van der Waals surface area contributed by atoms with E-state index < -0.39 is 0 Å². The Labute approximate surface area is 166 Å². The van der Waals surface area contributed by atoms with Crippen molar-refractivity contribution in [3.8, 4) is 5.95 Å². The molecule has 0 saturated carbocycles. The lowest BCUT2D eigenvalue weighted by Crippen LogP contribution is -2.07. The number of methoxy groups -OCH3 is 1. The summed E-state index contributed by atoms with van der Waals surface area (Å²) < 4.78 is 9.22. The summed E-state index contributed by atoms with van der Waals surface area (Å²) in [5.74, 6) is 0.745. The lowest BCUT2D eigenvalue weighted by atomic mass is 10.2. The van der Waals surface area contributed by atoms with Gasteiger partial charge in [0.05, 0.1) is 16.7 Å². The maximum Gasteiger partial charge on any atom is 0.218 e. The van der Waals surface area contributed by atoms with Gasteiger partial charge in [0, 0.05) is 23.4 Å². The fourth-order valence-electron chi connectivity index (χ4n) is 2.86. The molecular formula is C20H16Cl2N4O. The Morgan fingerprint density at radius 3 is 2.78 bits per heavy atom. The highest BCUT2D eigenvalue weighted by molar-refractivity contribution is 6.35. The average molecular weight is 399 g/mol. The number of halogens is 2. The van der Waals surface area contributed by atoms with E-state index in [4.69, 9.17) is 32.9 Å². The number of rotatable bonds is 5. The van der Waals surface area contributed by atoms with E-state index in [2.05, 4.69) is 4.98 Å². The summed E-state index contributed by atoms with van der Waals surface area (Å²) in [6.07, 6.45) is 7.45. The van der Waals surface area contributed by atoms with Gasteiger partial charge in [-0.15, -0.1) is 0 Å². The fraction of sp³-hybridized carbons (Fsp3) is 0.100. The summed E-state index contributed by atoms with van der Waals surface area (Å²) in [7, 11) is 1.66. The Hall–Kier alpha value is -2.60. The Balaban J connectivity index is 1.67. The SMILES string of the molecule is COCn1c(-n2cnc(/C=C/c3ccc(Cl)cc3Cl)c2)nc2ccccc21.